The summed E-state index contributed by atoms with van der Waals surface area (Å²) in [5, 5.41) is 3.85. The molecule has 2 N–H and O–H groups in total. The first-order valence-corrected chi connectivity index (χ1v) is 7.18. The third-order valence-corrected chi connectivity index (χ3v) is 2.80. The summed E-state index contributed by atoms with van der Waals surface area (Å²) in [6, 6.07) is 10.9. The van der Waals surface area contributed by atoms with Crippen molar-refractivity contribution in [3.8, 4) is 11.5 Å². The molecule has 1 atom stereocenters. The maximum absolute atomic E-state index is 11.9. The minimum absolute atomic E-state index is 0.168. The number of carbonyl (C=O) groups is 1. The Hall–Kier alpha value is -2.76. The summed E-state index contributed by atoms with van der Waals surface area (Å²) in [6.07, 6.45) is 2.60. The van der Waals surface area contributed by atoms with Gasteiger partial charge in [-0.1, -0.05) is 26.0 Å². The molecule has 1 aromatic carbocycles. The first kappa shape index (κ1) is 15.6. The molecule has 0 saturated carbocycles. The van der Waals surface area contributed by atoms with Crippen molar-refractivity contribution in [1.29, 1.82) is 0 Å². The molecule has 1 aliphatic heterocycles. The Bertz CT molecular complexity index is 623. The van der Waals surface area contributed by atoms with E-state index in [1.165, 1.54) is 6.21 Å². The number of nitrogens with zero attached hydrogens (tertiary/aromatic N) is 1. The zero-order valence-electron chi connectivity index (χ0n) is 12.6. The number of ether oxygens (including phenoxy) is 2. The topological polar surface area (TPSA) is 75.7 Å². The van der Waals surface area contributed by atoms with Crippen LogP contribution in [0.5, 0.6) is 11.5 Å². The minimum atomic E-state index is -0.703. The van der Waals surface area contributed by atoms with Gasteiger partial charge < -0.3 is 14.5 Å². The van der Waals surface area contributed by atoms with Gasteiger partial charge in [0.1, 0.15) is 6.61 Å². The van der Waals surface area contributed by atoms with Crippen molar-refractivity contribution in [3.05, 3.63) is 48.3 Å². The van der Waals surface area contributed by atoms with E-state index in [0.29, 0.717) is 11.5 Å². The summed E-state index contributed by atoms with van der Waals surface area (Å²) in [7, 11) is 0. The van der Waals surface area contributed by atoms with Crippen molar-refractivity contribution in [2.45, 2.75) is 20.0 Å². The zero-order valence-corrected chi connectivity index (χ0v) is 12.6. The number of para-hydroxylation sites is 2. The molecule has 1 unspecified atom stereocenters. The maximum Gasteiger partial charge on any atom is 0.284 e. The molecule has 0 bridgehead atoms. The highest BCUT2D eigenvalue weighted by molar-refractivity contribution is 5.84. The highest BCUT2D eigenvalue weighted by atomic mass is 16.6. The van der Waals surface area contributed by atoms with Crippen molar-refractivity contribution in [2.75, 3.05) is 6.61 Å². The van der Waals surface area contributed by atoms with Crippen LogP contribution in [0, 0.1) is 0 Å². The molecule has 1 amide bonds. The first-order valence-electron chi connectivity index (χ1n) is 7.18. The fourth-order valence-corrected chi connectivity index (χ4v) is 1.81. The average Bonchev–Trinajstić information content (AvgIpc) is 3.09. The van der Waals surface area contributed by atoms with E-state index in [1.54, 1.807) is 18.3 Å². The summed E-state index contributed by atoms with van der Waals surface area (Å²) in [5.41, 5.74) is 3.23. The molecule has 0 spiro atoms. The number of nitrogens with one attached hydrogen (secondary N) is 2. The van der Waals surface area contributed by atoms with Crippen molar-refractivity contribution in [2.24, 2.45) is 5.10 Å². The second-order valence-electron chi connectivity index (χ2n) is 4.22. The number of hydrazone groups is 1. The highest BCUT2D eigenvalue weighted by Gasteiger charge is 2.26. The van der Waals surface area contributed by atoms with E-state index in [-0.39, 0.29) is 12.5 Å². The molecular weight excluding hydrogens is 282 g/mol. The Kier molecular flexibility index (Phi) is 5.59. The number of amides is 1. The Morgan fingerprint density at radius 3 is 2.77 bits per heavy atom. The Balaban J connectivity index is 0.000000847. The van der Waals surface area contributed by atoms with Gasteiger partial charge in [-0.15, -0.1) is 0 Å². The van der Waals surface area contributed by atoms with E-state index in [0.717, 1.165) is 5.69 Å². The predicted octanol–water partition coefficient (Wildman–Crippen LogP) is 2.33. The number of hydrogen-bond donors (Lipinski definition) is 2. The maximum atomic E-state index is 11.9. The number of aromatic amines is 1. The lowest BCUT2D eigenvalue weighted by Gasteiger charge is -2.24. The van der Waals surface area contributed by atoms with Gasteiger partial charge >= 0.3 is 0 Å². The molecule has 2 heterocycles. The molecule has 3 rings (SSSR count). The number of benzene rings is 1. The fourth-order valence-electron chi connectivity index (χ4n) is 1.81. The van der Waals surface area contributed by atoms with Crippen LogP contribution in [0.15, 0.2) is 47.7 Å². The highest BCUT2D eigenvalue weighted by Crippen LogP contribution is 2.30. The van der Waals surface area contributed by atoms with Gasteiger partial charge in [-0.3, -0.25) is 4.79 Å². The molecule has 0 aliphatic carbocycles. The van der Waals surface area contributed by atoms with Crippen LogP contribution >= 0.6 is 0 Å². The van der Waals surface area contributed by atoms with Crippen LogP contribution in [0.1, 0.15) is 19.5 Å². The Morgan fingerprint density at radius 1 is 1.27 bits per heavy atom. The molecule has 0 fully saturated rings. The molecule has 1 aromatic heterocycles. The molecule has 6 nitrogen and oxygen atoms in total. The Labute approximate surface area is 129 Å². The third kappa shape index (κ3) is 3.88. The summed E-state index contributed by atoms with van der Waals surface area (Å²) in [6.45, 7) is 4.17. The molecule has 0 radical (unpaired) electrons. The lowest BCUT2D eigenvalue weighted by atomic mass is 10.2. The van der Waals surface area contributed by atoms with Crippen LogP contribution in [0.25, 0.3) is 0 Å². The minimum Gasteiger partial charge on any atom is -0.485 e. The van der Waals surface area contributed by atoms with Crippen LogP contribution < -0.4 is 14.9 Å². The quantitative estimate of drug-likeness (QED) is 0.675. The lowest BCUT2D eigenvalue weighted by Crippen LogP contribution is -2.42. The van der Waals surface area contributed by atoms with E-state index in [1.807, 2.05) is 38.1 Å². The molecule has 1 aliphatic rings. The first-order chi connectivity index (χ1) is 10.8. The number of carbonyl (C=O) groups excluding carboxylic acids is 1. The van der Waals surface area contributed by atoms with Gasteiger partial charge in [0.25, 0.3) is 5.91 Å². The number of fused-ring (bicyclic) bond motifs is 1. The van der Waals surface area contributed by atoms with Crippen LogP contribution in [-0.4, -0.2) is 29.8 Å². The fraction of sp³-hybridized carbons (Fsp3) is 0.250. The molecule has 22 heavy (non-hydrogen) atoms. The monoisotopic (exact) mass is 301 g/mol. The van der Waals surface area contributed by atoms with E-state index < -0.39 is 6.10 Å². The van der Waals surface area contributed by atoms with Crippen LogP contribution in [0.2, 0.25) is 0 Å². The van der Waals surface area contributed by atoms with Gasteiger partial charge in [-0.05, 0) is 24.3 Å². The van der Waals surface area contributed by atoms with Crippen molar-refractivity contribution in [1.82, 2.24) is 10.4 Å². The summed E-state index contributed by atoms with van der Waals surface area (Å²) in [4.78, 5) is 14.8. The van der Waals surface area contributed by atoms with Gasteiger partial charge in [-0.25, -0.2) is 5.43 Å². The van der Waals surface area contributed by atoms with Gasteiger partial charge in [0.2, 0.25) is 6.10 Å². The SMILES string of the molecule is CC.O=C(N/N=C/c1ccc[nH]1)C1COc2ccccc2O1. The number of rotatable bonds is 3. The Morgan fingerprint density at radius 2 is 2.05 bits per heavy atom. The number of aromatic nitrogens is 1. The molecule has 0 saturated heterocycles. The third-order valence-electron chi connectivity index (χ3n) is 2.80. The van der Waals surface area contributed by atoms with Crippen LogP contribution in [0.3, 0.4) is 0 Å². The molecule has 6 heteroatoms. The standard InChI is InChI=1S/C14H13N3O3.C2H6/c18-14(17-16-8-10-4-3-7-15-10)13-9-19-11-5-1-2-6-12(11)20-13;1-2/h1-8,13,15H,9H2,(H,17,18);1-2H3/b16-8+;. The predicted molar refractivity (Wildman–Crippen MR) is 84.2 cm³/mol. The smallest absolute Gasteiger partial charge is 0.284 e. The van der Waals surface area contributed by atoms with Crippen molar-refractivity contribution < 1.29 is 14.3 Å². The van der Waals surface area contributed by atoms with E-state index in [4.69, 9.17) is 9.47 Å². The number of hydrogen-bond acceptors (Lipinski definition) is 4. The summed E-state index contributed by atoms with van der Waals surface area (Å²) in [5.74, 6) is 0.862. The van der Waals surface area contributed by atoms with Gasteiger partial charge in [0.05, 0.1) is 11.9 Å². The second-order valence-corrected chi connectivity index (χ2v) is 4.22. The molecule has 116 valence electrons. The van der Waals surface area contributed by atoms with Crippen LogP contribution in [-0.2, 0) is 4.79 Å². The summed E-state index contributed by atoms with van der Waals surface area (Å²) < 4.78 is 11.0. The van der Waals surface area contributed by atoms with E-state index in [2.05, 4.69) is 15.5 Å². The lowest BCUT2D eigenvalue weighted by molar-refractivity contribution is -0.130. The van der Waals surface area contributed by atoms with E-state index >= 15 is 0 Å². The zero-order chi connectivity index (χ0) is 15.8. The van der Waals surface area contributed by atoms with Gasteiger partial charge in [0, 0.05) is 6.20 Å². The molecule has 2 aromatic rings. The summed E-state index contributed by atoms with van der Waals surface area (Å²) >= 11 is 0. The van der Waals surface area contributed by atoms with Gasteiger partial charge in [0.15, 0.2) is 11.5 Å². The number of H-pyrrole nitrogens is 1. The van der Waals surface area contributed by atoms with Crippen molar-refractivity contribution in [3.63, 3.8) is 0 Å². The second kappa shape index (κ2) is 7.87. The average molecular weight is 301 g/mol. The normalized spacial score (nSPS) is 15.8. The largest absolute Gasteiger partial charge is 0.485 e. The van der Waals surface area contributed by atoms with Crippen LogP contribution in [0.4, 0.5) is 0 Å². The van der Waals surface area contributed by atoms with Gasteiger partial charge in [-0.2, -0.15) is 5.10 Å². The van der Waals surface area contributed by atoms with Crippen molar-refractivity contribution >= 4 is 12.1 Å². The van der Waals surface area contributed by atoms with E-state index in [9.17, 15) is 4.79 Å². The molecular formula is C16H19N3O3.